The largest absolute Gasteiger partial charge is 0.455 e. The summed E-state index contributed by atoms with van der Waals surface area (Å²) >= 11 is 0. The number of hydrogen-bond acceptors (Lipinski definition) is 6. The van der Waals surface area contributed by atoms with Crippen LogP contribution in [0.3, 0.4) is 0 Å². The van der Waals surface area contributed by atoms with Crippen molar-refractivity contribution < 1.29 is 9.47 Å². The van der Waals surface area contributed by atoms with Crippen molar-refractivity contribution in [3.63, 3.8) is 0 Å². The molecule has 0 spiro atoms. The van der Waals surface area contributed by atoms with Gasteiger partial charge in [0, 0.05) is 34.1 Å². The van der Waals surface area contributed by atoms with E-state index in [0.717, 1.165) is 45.5 Å². The molecule has 0 aromatic heterocycles. The second-order valence-corrected chi connectivity index (χ2v) is 13.1. The minimum absolute atomic E-state index is 0.689. The smallest absolute Gasteiger partial charge is 0.151 e. The summed E-state index contributed by atoms with van der Waals surface area (Å²) in [6.07, 6.45) is 0. The van der Waals surface area contributed by atoms with Gasteiger partial charge >= 0.3 is 0 Å². The maximum atomic E-state index is 6.46. The van der Waals surface area contributed by atoms with Crippen LogP contribution in [0.5, 0.6) is 23.0 Å². The van der Waals surface area contributed by atoms with Crippen molar-refractivity contribution in [1.82, 2.24) is 0 Å². The predicted octanol–water partition coefficient (Wildman–Crippen LogP) is 13.5. The fraction of sp³-hybridized carbons (Fsp3) is 0.0870. The fourth-order valence-electron chi connectivity index (χ4n) is 5.61. The van der Waals surface area contributed by atoms with Crippen molar-refractivity contribution in [3.05, 3.63) is 180 Å². The molecule has 0 aliphatic carbocycles. The lowest BCUT2D eigenvalue weighted by Gasteiger charge is -2.17. The average Bonchev–Trinajstić information content (AvgIpc) is 3.15. The molecule has 0 bridgehead atoms. The predicted molar refractivity (Wildman–Crippen MR) is 217 cm³/mol. The van der Waals surface area contributed by atoms with E-state index in [0.29, 0.717) is 23.0 Å². The minimum atomic E-state index is 0.689. The summed E-state index contributed by atoms with van der Waals surface area (Å²) in [5.74, 6) is 2.78. The summed E-state index contributed by atoms with van der Waals surface area (Å²) in [5, 5.41) is 14.1. The molecule has 0 heterocycles. The van der Waals surface area contributed by atoms with Crippen LogP contribution in [0.15, 0.2) is 158 Å². The molecule has 0 unspecified atom stereocenters. The quantitative estimate of drug-likeness (QED) is 0.103. The van der Waals surface area contributed by atoms with Gasteiger partial charge in [0.25, 0.3) is 0 Å². The van der Waals surface area contributed by atoms with E-state index in [2.05, 4.69) is 158 Å². The summed E-state index contributed by atoms with van der Waals surface area (Å²) in [5.41, 5.74) is 12.4. The molecule has 0 radical (unpaired) electrons. The molecule has 7 aromatic carbocycles. The van der Waals surface area contributed by atoms with Gasteiger partial charge in [0.1, 0.15) is 11.5 Å². The van der Waals surface area contributed by atoms with Crippen LogP contribution < -0.4 is 30.7 Å². The molecule has 0 atom stereocenters. The molecule has 6 nitrogen and oxygen atoms in total. The van der Waals surface area contributed by atoms with Gasteiger partial charge in [-0.15, -0.1) is 0 Å². The normalized spacial score (nSPS) is 10.7. The molecule has 6 heteroatoms. The van der Waals surface area contributed by atoms with Gasteiger partial charge in [0.05, 0.1) is 11.4 Å². The summed E-state index contributed by atoms with van der Waals surface area (Å²) < 4.78 is 12.9. The van der Waals surface area contributed by atoms with E-state index in [-0.39, 0.29) is 0 Å². The zero-order valence-corrected chi connectivity index (χ0v) is 29.8. The van der Waals surface area contributed by atoms with Crippen LogP contribution in [0.2, 0.25) is 0 Å². The van der Waals surface area contributed by atoms with Crippen LogP contribution in [-0.4, -0.2) is 0 Å². The second-order valence-electron chi connectivity index (χ2n) is 13.1. The minimum Gasteiger partial charge on any atom is -0.455 e. The molecule has 0 amide bonds. The van der Waals surface area contributed by atoms with Gasteiger partial charge in [0.15, 0.2) is 11.5 Å². The monoisotopic (exact) mass is 682 g/mol. The van der Waals surface area contributed by atoms with E-state index in [1.165, 1.54) is 22.3 Å². The Balaban J connectivity index is 1.11. The Hall–Kier alpha value is -6.66. The molecule has 0 aliphatic rings. The molecule has 7 aromatic rings. The molecule has 258 valence electrons. The molecule has 0 saturated carbocycles. The Morgan fingerprint density at radius 1 is 0.288 bits per heavy atom. The van der Waals surface area contributed by atoms with Gasteiger partial charge in [-0.1, -0.05) is 70.8 Å². The molecule has 0 fully saturated rings. The first kappa shape index (κ1) is 33.8. The lowest BCUT2D eigenvalue weighted by atomic mass is 10.2. The summed E-state index contributed by atoms with van der Waals surface area (Å²) in [6, 6.07) is 53.1. The number of nitrogens with one attached hydrogen (secondary N) is 4. The van der Waals surface area contributed by atoms with Gasteiger partial charge in [-0.2, -0.15) is 0 Å². The Kier molecular flexibility index (Phi) is 10.1. The van der Waals surface area contributed by atoms with Crippen molar-refractivity contribution in [2.75, 3.05) is 21.3 Å². The van der Waals surface area contributed by atoms with Gasteiger partial charge in [-0.25, -0.2) is 0 Å². The highest BCUT2D eigenvalue weighted by Crippen LogP contribution is 2.38. The Morgan fingerprint density at radius 3 is 0.865 bits per heavy atom. The lowest BCUT2D eigenvalue weighted by molar-refractivity contribution is 0.471. The fourth-order valence-corrected chi connectivity index (χ4v) is 5.61. The molecule has 0 aliphatic heterocycles. The van der Waals surface area contributed by atoms with E-state index in [1.807, 2.05) is 48.5 Å². The Bertz CT molecular complexity index is 2080. The maximum Gasteiger partial charge on any atom is 0.151 e. The molecule has 7 rings (SSSR count). The van der Waals surface area contributed by atoms with Crippen LogP contribution in [0, 0.1) is 27.7 Å². The van der Waals surface area contributed by atoms with Crippen molar-refractivity contribution in [1.29, 1.82) is 0 Å². The standard InChI is InChI=1S/C46H42N4O2/c1-31-5-13-35(14-6-31)47-39-21-27-45(43(29-39)49-37-17-9-33(3)10-18-37)51-41-23-25-42(26-24-41)52-46-28-22-40(48-36-15-7-32(2)8-16-36)30-44(46)50-38-19-11-34(4)12-20-38/h5-30,47-50H,1-4H3. The first-order valence-electron chi connectivity index (χ1n) is 17.4. The second kappa shape index (κ2) is 15.5. The van der Waals surface area contributed by atoms with Crippen molar-refractivity contribution in [2.24, 2.45) is 0 Å². The van der Waals surface area contributed by atoms with Gasteiger partial charge in [-0.3, -0.25) is 0 Å². The average molecular weight is 683 g/mol. The van der Waals surface area contributed by atoms with Gasteiger partial charge in [0.2, 0.25) is 0 Å². The first-order valence-corrected chi connectivity index (χ1v) is 17.4. The molecular formula is C46H42N4O2. The Labute approximate surface area is 306 Å². The lowest BCUT2D eigenvalue weighted by Crippen LogP contribution is -1.98. The molecule has 4 N–H and O–H groups in total. The third-order valence-electron chi connectivity index (χ3n) is 8.58. The topological polar surface area (TPSA) is 66.6 Å². The van der Waals surface area contributed by atoms with E-state index >= 15 is 0 Å². The highest BCUT2D eigenvalue weighted by atomic mass is 16.5. The highest BCUT2D eigenvalue weighted by Gasteiger charge is 2.12. The van der Waals surface area contributed by atoms with E-state index in [4.69, 9.17) is 9.47 Å². The number of benzene rings is 7. The number of ether oxygens (including phenoxy) is 2. The SMILES string of the molecule is Cc1ccc(Nc2ccc(Oc3ccc(Oc4ccc(Nc5ccc(C)cc5)cc4Nc4ccc(C)cc4)cc3)c(Nc3ccc(C)cc3)c2)cc1. The van der Waals surface area contributed by atoms with Crippen LogP contribution in [0.4, 0.5) is 45.5 Å². The van der Waals surface area contributed by atoms with Crippen LogP contribution in [0.25, 0.3) is 0 Å². The number of anilines is 8. The van der Waals surface area contributed by atoms with Gasteiger partial charge < -0.3 is 30.7 Å². The van der Waals surface area contributed by atoms with E-state index < -0.39 is 0 Å². The van der Waals surface area contributed by atoms with Gasteiger partial charge in [-0.05, 0) is 137 Å². The maximum absolute atomic E-state index is 6.46. The van der Waals surface area contributed by atoms with E-state index in [9.17, 15) is 0 Å². The molecule has 0 saturated heterocycles. The molecule has 52 heavy (non-hydrogen) atoms. The molecular weight excluding hydrogens is 641 g/mol. The third kappa shape index (κ3) is 8.92. The van der Waals surface area contributed by atoms with Crippen LogP contribution >= 0.6 is 0 Å². The van der Waals surface area contributed by atoms with Crippen molar-refractivity contribution in [3.8, 4) is 23.0 Å². The number of hydrogen-bond donors (Lipinski definition) is 4. The van der Waals surface area contributed by atoms with Crippen molar-refractivity contribution in [2.45, 2.75) is 27.7 Å². The number of rotatable bonds is 12. The third-order valence-corrected chi connectivity index (χ3v) is 8.58. The summed E-state index contributed by atoms with van der Waals surface area (Å²) in [4.78, 5) is 0. The van der Waals surface area contributed by atoms with E-state index in [1.54, 1.807) is 0 Å². The Morgan fingerprint density at radius 2 is 0.558 bits per heavy atom. The summed E-state index contributed by atoms with van der Waals surface area (Å²) in [6.45, 7) is 8.33. The highest BCUT2D eigenvalue weighted by molar-refractivity contribution is 5.75. The summed E-state index contributed by atoms with van der Waals surface area (Å²) in [7, 11) is 0. The van der Waals surface area contributed by atoms with Crippen LogP contribution in [0.1, 0.15) is 22.3 Å². The zero-order valence-electron chi connectivity index (χ0n) is 29.8. The number of aryl methyl sites for hydroxylation is 4. The first-order chi connectivity index (χ1) is 25.3. The zero-order chi connectivity index (χ0) is 35.9. The van der Waals surface area contributed by atoms with Crippen molar-refractivity contribution >= 4 is 45.5 Å². The van der Waals surface area contributed by atoms with Crippen LogP contribution in [-0.2, 0) is 0 Å².